The standard InChI is InChI=1S/C16H28O6S/c1-6-13(7-2)21-14-9-12(16(17)20-8-3)10-15(11(14)4)22-23(5,18)19/h9,11,13-15H,6-8,10H2,1-5H3/t11-,14+,15+/m0/s1. The molecule has 0 radical (unpaired) electrons. The molecule has 0 fully saturated rings. The Hall–Kier alpha value is -0.920. The monoisotopic (exact) mass is 348 g/mol. The highest BCUT2D eigenvalue weighted by Gasteiger charge is 2.36. The van der Waals surface area contributed by atoms with Crippen molar-refractivity contribution in [3.05, 3.63) is 11.6 Å². The fourth-order valence-electron chi connectivity index (χ4n) is 2.62. The Morgan fingerprint density at radius 1 is 1.30 bits per heavy atom. The number of rotatable bonds is 8. The number of hydrogen-bond acceptors (Lipinski definition) is 6. The molecule has 0 spiro atoms. The van der Waals surface area contributed by atoms with Crippen molar-refractivity contribution in [1.82, 2.24) is 0 Å². The van der Waals surface area contributed by atoms with Crippen LogP contribution in [-0.2, 0) is 28.6 Å². The zero-order valence-electron chi connectivity index (χ0n) is 14.6. The molecule has 0 aromatic heterocycles. The van der Waals surface area contributed by atoms with Crippen molar-refractivity contribution in [2.24, 2.45) is 5.92 Å². The van der Waals surface area contributed by atoms with Gasteiger partial charge in [0.1, 0.15) is 0 Å². The summed E-state index contributed by atoms with van der Waals surface area (Å²) in [7, 11) is -3.62. The van der Waals surface area contributed by atoms with E-state index in [2.05, 4.69) is 0 Å². The first kappa shape index (κ1) is 20.1. The number of carbonyl (C=O) groups excluding carboxylic acids is 1. The molecule has 0 unspecified atom stereocenters. The van der Waals surface area contributed by atoms with Gasteiger partial charge >= 0.3 is 5.97 Å². The van der Waals surface area contributed by atoms with Crippen LogP contribution in [0, 0.1) is 5.92 Å². The van der Waals surface area contributed by atoms with Gasteiger partial charge in [0.2, 0.25) is 0 Å². The normalized spacial score (nSPS) is 25.3. The van der Waals surface area contributed by atoms with Gasteiger partial charge in [0.05, 0.1) is 31.2 Å². The van der Waals surface area contributed by atoms with Gasteiger partial charge in [0.25, 0.3) is 10.1 Å². The SMILES string of the molecule is CCOC(=O)C1=C[C@@H](OC(CC)CC)[C@H](C)[C@H](OS(C)(=O)=O)C1. The summed E-state index contributed by atoms with van der Waals surface area (Å²) in [6.45, 7) is 7.93. The average Bonchev–Trinajstić information content (AvgIpc) is 2.46. The van der Waals surface area contributed by atoms with Crippen molar-refractivity contribution in [3.63, 3.8) is 0 Å². The van der Waals surface area contributed by atoms with E-state index in [9.17, 15) is 13.2 Å². The Bertz CT molecular complexity index is 521. The lowest BCUT2D eigenvalue weighted by Gasteiger charge is -2.35. The Labute approximate surface area is 139 Å². The van der Waals surface area contributed by atoms with E-state index >= 15 is 0 Å². The first-order chi connectivity index (χ1) is 10.7. The number of hydrogen-bond donors (Lipinski definition) is 0. The smallest absolute Gasteiger partial charge is 0.333 e. The number of carbonyl (C=O) groups is 1. The molecule has 134 valence electrons. The molecule has 1 aliphatic rings. The molecule has 6 nitrogen and oxygen atoms in total. The Morgan fingerprint density at radius 3 is 2.39 bits per heavy atom. The molecule has 0 saturated carbocycles. The molecule has 0 aromatic carbocycles. The third-order valence-electron chi connectivity index (χ3n) is 3.99. The summed E-state index contributed by atoms with van der Waals surface area (Å²) in [5, 5.41) is 0. The number of esters is 1. The van der Waals surface area contributed by atoms with Crippen LogP contribution in [0.15, 0.2) is 11.6 Å². The minimum Gasteiger partial charge on any atom is -0.463 e. The predicted molar refractivity (Wildman–Crippen MR) is 87.5 cm³/mol. The second-order valence-electron chi connectivity index (χ2n) is 5.85. The van der Waals surface area contributed by atoms with Crippen LogP contribution >= 0.6 is 0 Å². The maximum atomic E-state index is 12.0. The van der Waals surface area contributed by atoms with Crippen LogP contribution in [0.2, 0.25) is 0 Å². The van der Waals surface area contributed by atoms with Crippen molar-refractivity contribution in [1.29, 1.82) is 0 Å². The molecular formula is C16H28O6S. The minimum absolute atomic E-state index is 0.0547. The summed E-state index contributed by atoms with van der Waals surface area (Å²) in [4.78, 5) is 12.0. The minimum atomic E-state index is -3.62. The van der Waals surface area contributed by atoms with Crippen molar-refractivity contribution >= 4 is 16.1 Å². The quantitative estimate of drug-likeness (QED) is 0.495. The molecule has 7 heteroatoms. The van der Waals surface area contributed by atoms with Crippen LogP contribution in [0.5, 0.6) is 0 Å². The van der Waals surface area contributed by atoms with E-state index in [-0.39, 0.29) is 31.2 Å². The maximum Gasteiger partial charge on any atom is 0.333 e. The molecule has 0 N–H and O–H groups in total. The second-order valence-corrected chi connectivity index (χ2v) is 7.45. The molecule has 0 amide bonds. The molecule has 23 heavy (non-hydrogen) atoms. The summed E-state index contributed by atoms with van der Waals surface area (Å²) in [6, 6.07) is 0. The lowest BCUT2D eigenvalue weighted by atomic mass is 9.85. The fraction of sp³-hybridized carbons (Fsp3) is 0.812. The predicted octanol–water partition coefficient (Wildman–Crippen LogP) is 2.43. The molecule has 3 atom stereocenters. The van der Waals surface area contributed by atoms with Gasteiger partial charge in [-0.25, -0.2) is 4.79 Å². The van der Waals surface area contributed by atoms with Gasteiger partial charge in [0, 0.05) is 17.9 Å². The van der Waals surface area contributed by atoms with Gasteiger partial charge in [-0.3, -0.25) is 4.18 Å². The van der Waals surface area contributed by atoms with Gasteiger partial charge in [-0.15, -0.1) is 0 Å². The first-order valence-corrected chi connectivity index (χ1v) is 9.94. The third kappa shape index (κ3) is 6.24. The highest BCUT2D eigenvalue weighted by molar-refractivity contribution is 7.86. The van der Waals surface area contributed by atoms with Crippen LogP contribution in [0.4, 0.5) is 0 Å². The molecule has 0 bridgehead atoms. The summed E-state index contributed by atoms with van der Waals surface area (Å²) in [5.41, 5.74) is 0.412. The Balaban J connectivity index is 3.03. The lowest BCUT2D eigenvalue weighted by Crippen LogP contribution is -2.40. The molecule has 1 aliphatic carbocycles. The zero-order chi connectivity index (χ0) is 17.6. The van der Waals surface area contributed by atoms with E-state index in [4.69, 9.17) is 13.7 Å². The first-order valence-electron chi connectivity index (χ1n) is 8.13. The topological polar surface area (TPSA) is 78.9 Å². The summed E-state index contributed by atoms with van der Waals surface area (Å²) in [6.07, 6.45) is 3.71. The van der Waals surface area contributed by atoms with Crippen LogP contribution in [0.1, 0.15) is 47.0 Å². The summed E-state index contributed by atoms with van der Waals surface area (Å²) < 4.78 is 39.2. The third-order valence-corrected chi connectivity index (χ3v) is 4.58. The van der Waals surface area contributed by atoms with Crippen LogP contribution in [-0.4, -0.2) is 45.6 Å². The van der Waals surface area contributed by atoms with Crippen molar-refractivity contribution < 1.29 is 26.9 Å². The molecule has 0 heterocycles. The molecule has 1 rings (SSSR count). The Morgan fingerprint density at radius 2 is 1.91 bits per heavy atom. The summed E-state index contributed by atoms with van der Waals surface area (Å²) >= 11 is 0. The molecular weight excluding hydrogens is 320 g/mol. The van der Waals surface area contributed by atoms with Crippen molar-refractivity contribution in [2.45, 2.75) is 65.3 Å². The maximum absolute atomic E-state index is 12.0. The van der Waals surface area contributed by atoms with E-state index in [0.717, 1.165) is 19.1 Å². The van der Waals surface area contributed by atoms with Gasteiger partial charge in [-0.2, -0.15) is 8.42 Å². The largest absolute Gasteiger partial charge is 0.463 e. The van der Waals surface area contributed by atoms with E-state index in [1.54, 1.807) is 13.0 Å². The van der Waals surface area contributed by atoms with Crippen molar-refractivity contribution in [3.8, 4) is 0 Å². The van der Waals surface area contributed by atoms with Crippen molar-refractivity contribution in [2.75, 3.05) is 12.9 Å². The van der Waals surface area contributed by atoms with Gasteiger partial charge in [-0.05, 0) is 25.8 Å². The molecule has 0 saturated heterocycles. The highest BCUT2D eigenvalue weighted by atomic mass is 32.2. The van der Waals surface area contributed by atoms with E-state index in [1.807, 2.05) is 20.8 Å². The fourth-order valence-corrected chi connectivity index (χ4v) is 3.31. The lowest BCUT2D eigenvalue weighted by molar-refractivity contribution is -0.139. The van der Waals surface area contributed by atoms with E-state index in [0.29, 0.717) is 5.57 Å². The zero-order valence-corrected chi connectivity index (χ0v) is 15.4. The van der Waals surface area contributed by atoms with Crippen LogP contribution in [0.25, 0.3) is 0 Å². The second kappa shape index (κ2) is 8.80. The number of ether oxygens (including phenoxy) is 2. The molecule has 0 aromatic rings. The van der Waals surface area contributed by atoms with Crippen LogP contribution < -0.4 is 0 Å². The van der Waals surface area contributed by atoms with Gasteiger partial charge in [-0.1, -0.05) is 20.8 Å². The summed E-state index contributed by atoms with van der Waals surface area (Å²) in [5.74, 6) is -0.622. The molecule has 0 aliphatic heterocycles. The van der Waals surface area contributed by atoms with E-state index < -0.39 is 22.2 Å². The van der Waals surface area contributed by atoms with Gasteiger partial charge in [0.15, 0.2) is 0 Å². The average molecular weight is 348 g/mol. The Kier molecular flexibility index (Phi) is 7.70. The van der Waals surface area contributed by atoms with E-state index in [1.165, 1.54) is 0 Å². The van der Waals surface area contributed by atoms with Gasteiger partial charge < -0.3 is 9.47 Å². The van der Waals surface area contributed by atoms with Crippen LogP contribution in [0.3, 0.4) is 0 Å². The highest BCUT2D eigenvalue weighted by Crippen LogP contribution is 2.31.